The molecule has 0 saturated heterocycles. The smallest absolute Gasteiger partial charge is 0.0445 e. The molecule has 0 fully saturated rings. The summed E-state index contributed by atoms with van der Waals surface area (Å²) in [4.78, 5) is 0. The summed E-state index contributed by atoms with van der Waals surface area (Å²) in [7, 11) is 0. The number of hydrogen-bond donors (Lipinski definition) is 2. The van der Waals surface area contributed by atoms with Crippen molar-refractivity contribution < 1.29 is 5.11 Å². The van der Waals surface area contributed by atoms with Crippen molar-refractivity contribution >= 4 is 0 Å². The van der Waals surface area contributed by atoms with E-state index in [1.54, 1.807) is 0 Å². The van der Waals surface area contributed by atoms with Crippen LogP contribution in [0.25, 0.3) is 0 Å². The molecule has 1 unspecified atom stereocenters. The molecule has 0 aromatic heterocycles. The summed E-state index contributed by atoms with van der Waals surface area (Å²) in [5, 5.41) is 8.82. The third kappa shape index (κ3) is 3.33. The lowest BCUT2D eigenvalue weighted by Gasteiger charge is -2.15. The molecule has 2 nitrogen and oxygen atoms in total. The maximum atomic E-state index is 8.82. The summed E-state index contributed by atoms with van der Waals surface area (Å²) in [5.41, 5.74) is 11.2. The van der Waals surface area contributed by atoms with E-state index in [9.17, 15) is 0 Å². The van der Waals surface area contributed by atoms with Crippen LogP contribution in [0.4, 0.5) is 0 Å². The lowest BCUT2D eigenvalue weighted by molar-refractivity contribution is 0.275. The van der Waals surface area contributed by atoms with E-state index in [4.69, 9.17) is 10.8 Å². The van der Waals surface area contributed by atoms with Crippen molar-refractivity contribution in [2.24, 2.45) is 5.73 Å². The zero-order valence-electron chi connectivity index (χ0n) is 9.88. The molecule has 0 radical (unpaired) electrons. The first-order valence-electron chi connectivity index (χ1n) is 5.47. The number of aliphatic hydroxyl groups excluding tert-OH is 1. The molecule has 0 heterocycles. The molecule has 0 saturated carbocycles. The topological polar surface area (TPSA) is 46.2 Å². The highest BCUT2D eigenvalue weighted by Crippen LogP contribution is 2.18. The summed E-state index contributed by atoms with van der Waals surface area (Å²) < 4.78 is 0. The molecule has 3 N–H and O–H groups in total. The minimum absolute atomic E-state index is 0.0649. The summed E-state index contributed by atoms with van der Waals surface area (Å²) in [5.74, 6) is 0. The van der Waals surface area contributed by atoms with Crippen molar-refractivity contribution in [1.82, 2.24) is 0 Å². The van der Waals surface area contributed by atoms with Crippen molar-refractivity contribution in [3.63, 3.8) is 0 Å². The van der Waals surface area contributed by atoms with Gasteiger partial charge >= 0.3 is 0 Å². The van der Waals surface area contributed by atoms with Gasteiger partial charge in [-0.2, -0.15) is 0 Å². The molecule has 1 atom stereocenters. The highest BCUT2D eigenvalue weighted by atomic mass is 16.3. The van der Waals surface area contributed by atoms with E-state index in [-0.39, 0.29) is 12.6 Å². The van der Waals surface area contributed by atoms with E-state index in [2.05, 4.69) is 32.9 Å². The standard InChI is InChI=1S/C13H21NO/c1-9-6-10(2)13(11(3)7-9)8-12(14)4-5-15/h6-7,12,15H,4-5,8,14H2,1-3H3. The first-order valence-corrected chi connectivity index (χ1v) is 5.47. The molecule has 1 aromatic rings. The van der Waals surface area contributed by atoms with E-state index in [1.165, 1.54) is 22.3 Å². The fourth-order valence-corrected chi connectivity index (χ4v) is 2.06. The van der Waals surface area contributed by atoms with Gasteiger partial charge in [-0.05, 0) is 50.3 Å². The van der Waals surface area contributed by atoms with Crippen LogP contribution in [0.5, 0.6) is 0 Å². The van der Waals surface area contributed by atoms with Crippen LogP contribution in [0.2, 0.25) is 0 Å². The summed E-state index contributed by atoms with van der Waals surface area (Å²) in [6, 6.07) is 4.44. The first-order chi connectivity index (χ1) is 7.04. The molecule has 1 aromatic carbocycles. The number of aryl methyl sites for hydroxylation is 3. The fraction of sp³-hybridized carbons (Fsp3) is 0.538. The Kier molecular flexibility index (Phi) is 4.30. The Labute approximate surface area is 92.1 Å². The van der Waals surface area contributed by atoms with Gasteiger partial charge in [-0.15, -0.1) is 0 Å². The Morgan fingerprint density at radius 3 is 2.20 bits per heavy atom. The van der Waals surface area contributed by atoms with Crippen LogP contribution in [0.15, 0.2) is 12.1 Å². The lowest BCUT2D eigenvalue weighted by Crippen LogP contribution is -2.24. The van der Waals surface area contributed by atoms with Crippen LogP contribution in [0, 0.1) is 20.8 Å². The third-order valence-electron chi connectivity index (χ3n) is 2.81. The Hall–Kier alpha value is -0.860. The maximum Gasteiger partial charge on any atom is 0.0445 e. The SMILES string of the molecule is Cc1cc(C)c(CC(N)CCO)c(C)c1. The second-order valence-corrected chi connectivity index (χ2v) is 4.35. The van der Waals surface area contributed by atoms with Gasteiger partial charge in [0.15, 0.2) is 0 Å². The summed E-state index contributed by atoms with van der Waals surface area (Å²) >= 11 is 0. The molecule has 15 heavy (non-hydrogen) atoms. The summed E-state index contributed by atoms with van der Waals surface area (Å²) in [6.07, 6.45) is 1.53. The maximum absolute atomic E-state index is 8.82. The van der Waals surface area contributed by atoms with Gasteiger partial charge in [-0.1, -0.05) is 17.7 Å². The Morgan fingerprint density at radius 2 is 1.73 bits per heavy atom. The van der Waals surface area contributed by atoms with Crippen LogP contribution in [-0.2, 0) is 6.42 Å². The molecular weight excluding hydrogens is 186 g/mol. The number of hydrogen-bond acceptors (Lipinski definition) is 2. The van der Waals surface area contributed by atoms with Gasteiger partial charge in [0.1, 0.15) is 0 Å². The van der Waals surface area contributed by atoms with Gasteiger partial charge in [0, 0.05) is 12.6 Å². The van der Waals surface area contributed by atoms with Crippen LogP contribution >= 0.6 is 0 Å². The molecule has 2 heteroatoms. The number of benzene rings is 1. The second-order valence-electron chi connectivity index (χ2n) is 4.35. The lowest BCUT2D eigenvalue weighted by atomic mass is 9.94. The molecule has 0 bridgehead atoms. The predicted octanol–water partition coefficient (Wildman–Crippen LogP) is 1.86. The minimum atomic E-state index is 0.0649. The van der Waals surface area contributed by atoms with Gasteiger partial charge in [0.05, 0.1) is 0 Å². The van der Waals surface area contributed by atoms with Gasteiger partial charge in [0.2, 0.25) is 0 Å². The van der Waals surface area contributed by atoms with Gasteiger partial charge in [-0.3, -0.25) is 0 Å². The third-order valence-corrected chi connectivity index (χ3v) is 2.81. The molecule has 0 amide bonds. The van der Waals surface area contributed by atoms with E-state index in [0.29, 0.717) is 6.42 Å². The number of aliphatic hydroxyl groups is 1. The zero-order chi connectivity index (χ0) is 11.4. The molecule has 0 aliphatic carbocycles. The average molecular weight is 207 g/mol. The fourth-order valence-electron chi connectivity index (χ4n) is 2.06. The minimum Gasteiger partial charge on any atom is -0.396 e. The van der Waals surface area contributed by atoms with E-state index >= 15 is 0 Å². The Balaban J connectivity index is 2.85. The summed E-state index contributed by atoms with van der Waals surface area (Å²) in [6.45, 7) is 6.53. The Morgan fingerprint density at radius 1 is 1.20 bits per heavy atom. The second kappa shape index (κ2) is 5.29. The highest BCUT2D eigenvalue weighted by molar-refractivity contribution is 5.37. The average Bonchev–Trinajstić information content (AvgIpc) is 2.11. The quantitative estimate of drug-likeness (QED) is 0.791. The van der Waals surface area contributed by atoms with Gasteiger partial charge < -0.3 is 10.8 Å². The molecule has 84 valence electrons. The van der Waals surface area contributed by atoms with Crippen LogP contribution in [-0.4, -0.2) is 17.8 Å². The van der Waals surface area contributed by atoms with Crippen molar-refractivity contribution in [3.8, 4) is 0 Å². The van der Waals surface area contributed by atoms with Gasteiger partial charge in [-0.25, -0.2) is 0 Å². The van der Waals surface area contributed by atoms with Crippen LogP contribution < -0.4 is 5.73 Å². The molecular formula is C13H21NO. The van der Waals surface area contributed by atoms with Crippen LogP contribution in [0.1, 0.15) is 28.7 Å². The largest absolute Gasteiger partial charge is 0.396 e. The first kappa shape index (κ1) is 12.2. The predicted molar refractivity (Wildman–Crippen MR) is 64.0 cm³/mol. The van der Waals surface area contributed by atoms with Gasteiger partial charge in [0.25, 0.3) is 0 Å². The molecule has 0 aliphatic rings. The highest BCUT2D eigenvalue weighted by Gasteiger charge is 2.08. The molecule has 0 spiro atoms. The normalized spacial score (nSPS) is 12.9. The number of nitrogens with two attached hydrogens (primary N) is 1. The number of rotatable bonds is 4. The van der Waals surface area contributed by atoms with Crippen molar-refractivity contribution in [1.29, 1.82) is 0 Å². The zero-order valence-corrected chi connectivity index (χ0v) is 9.88. The molecule has 1 rings (SSSR count). The Bertz CT molecular complexity index is 310. The monoisotopic (exact) mass is 207 g/mol. The van der Waals surface area contributed by atoms with E-state index in [1.807, 2.05) is 0 Å². The van der Waals surface area contributed by atoms with E-state index < -0.39 is 0 Å². The van der Waals surface area contributed by atoms with Crippen molar-refractivity contribution in [2.45, 2.75) is 39.7 Å². The van der Waals surface area contributed by atoms with Crippen molar-refractivity contribution in [3.05, 3.63) is 34.4 Å². The van der Waals surface area contributed by atoms with E-state index in [0.717, 1.165) is 6.42 Å². The van der Waals surface area contributed by atoms with Crippen LogP contribution in [0.3, 0.4) is 0 Å². The van der Waals surface area contributed by atoms with Crippen molar-refractivity contribution in [2.75, 3.05) is 6.61 Å². The molecule has 0 aliphatic heterocycles.